The molecule has 19 heavy (non-hydrogen) atoms. The Hall–Kier alpha value is -1.62. The maximum atomic E-state index is 4.45. The number of hydrogen-bond donors (Lipinski definition) is 2. The average molecular weight is 276 g/mol. The summed E-state index contributed by atoms with van der Waals surface area (Å²) < 4.78 is 0. The molecule has 2 heterocycles. The summed E-state index contributed by atoms with van der Waals surface area (Å²) in [5.74, 6) is 1.56. The largest absolute Gasteiger partial charge is 0.367 e. The molecule has 1 atom stereocenters. The molecule has 2 aromatic rings. The van der Waals surface area contributed by atoms with E-state index in [4.69, 9.17) is 0 Å². The fourth-order valence-electron chi connectivity index (χ4n) is 1.83. The molecule has 2 N–H and O–H groups in total. The Kier molecular flexibility index (Phi) is 5.15. The van der Waals surface area contributed by atoms with Crippen molar-refractivity contribution in [3.63, 3.8) is 0 Å². The van der Waals surface area contributed by atoms with Crippen LogP contribution in [0.1, 0.15) is 25.8 Å². The Balaban J connectivity index is 1.90. The van der Waals surface area contributed by atoms with Crippen molar-refractivity contribution in [2.24, 2.45) is 0 Å². The second-order valence-electron chi connectivity index (χ2n) is 4.57. The molecule has 0 saturated heterocycles. The monoisotopic (exact) mass is 276 g/mol. The van der Waals surface area contributed by atoms with E-state index >= 15 is 0 Å². The number of aromatic nitrogens is 2. The molecule has 0 fully saturated rings. The summed E-state index contributed by atoms with van der Waals surface area (Å²) in [7, 11) is 0. The minimum Gasteiger partial charge on any atom is -0.367 e. The Morgan fingerprint density at radius 2 is 2.26 bits per heavy atom. The molecule has 2 rings (SSSR count). The van der Waals surface area contributed by atoms with Crippen LogP contribution in [0.5, 0.6) is 0 Å². The highest BCUT2D eigenvalue weighted by Gasteiger charge is 2.05. The van der Waals surface area contributed by atoms with Crippen LogP contribution in [0, 0.1) is 0 Å². The quantitative estimate of drug-likeness (QED) is 0.813. The van der Waals surface area contributed by atoms with Crippen molar-refractivity contribution in [3.8, 4) is 0 Å². The molecule has 0 bridgehead atoms. The van der Waals surface area contributed by atoms with E-state index in [-0.39, 0.29) is 0 Å². The molecule has 1 unspecified atom stereocenters. The molecule has 0 amide bonds. The van der Waals surface area contributed by atoms with Gasteiger partial charge in [0.1, 0.15) is 5.82 Å². The van der Waals surface area contributed by atoms with Crippen molar-refractivity contribution >= 4 is 23.1 Å². The standard InChI is InChI=1S/C14H20N4S/c1-3-6-15-14-16-7-4-13(18-14)17-11(2)9-12-5-8-19-10-12/h4-5,7-8,10-11H,3,6,9H2,1-2H3,(H2,15,16,17,18). The molecule has 4 nitrogen and oxygen atoms in total. The zero-order valence-corrected chi connectivity index (χ0v) is 12.2. The molecule has 0 radical (unpaired) electrons. The first-order valence-electron chi connectivity index (χ1n) is 6.62. The molecular formula is C14H20N4S. The summed E-state index contributed by atoms with van der Waals surface area (Å²) in [5, 5.41) is 10.9. The zero-order valence-electron chi connectivity index (χ0n) is 11.4. The first-order chi connectivity index (χ1) is 9.28. The molecule has 0 aliphatic carbocycles. The van der Waals surface area contributed by atoms with Crippen LogP contribution in [0.15, 0.2) is 29.1 Å². The van der Waals surface area contributed by atoms with Crippen LogP contribution in [-0.2, 0) is 6.42 Å². The molecular weight excluding hydrogens is 256 g/mol. The molecule has 102 valence electrons. The highest BCUT2D eigenvalue weighted by Crippen LogP contribution is 2.12. The van der Waals surface area contributed by atoms with Gasteiger partial charge in [-0.25, -0.2) is 4.98 Å². The minimum atomic E-state index is 0.350. The van der Waals surface area contributed by atoms with Crippen LogP contribution in [0.4, 0.5) is 11.8 Å². The smallest absolute Gasteiger partial charge is 0.224 e. The number of hydrogen-bond acceptors (Lipinski definition) is 5. The lowest BCUT2D eigenvalue weighted by molar-refractivity contribution is 0.785. The predicted molar refractivity (Wildman–Crippen MR) is 81.9 cm³/mol. The highest BCUT2D eigenvalue weighted by atomic mass is 32.1. The first kappa shape index (κ1) is 13.8. The van der Waals surface area contributed by atoms with Crippen molar-refractivity contribution in [1.82, 2.24) is 9.97 Å². The topological polar surface area (TPSA) is 49.8 Å². The molecule has 0 spiro atoms. The summed E-state index contributed by atoms with van der Waals surface area (Å²) in [5.41, 5.74) is 1.36. The Labute approximate surface area is 118 Å². The molecule has 0 aliphatic heterocycles. The van der Waals surface area contributed by atoms with Gasteiger partial charge in [-0.15, -0.1) is 0 Å². The summed E-state index contributed by atoms with van der Waals surface area (Å²) in [6, 6.07) is 4.42. The first-order valence-corrected chi connectivity index (χ1v) is 7.56. The van der Waals surface area contributed by atoms with E-state index in [1.807, 2.05) is 6.07 Å². The lowest BCUT2D eigenvalue weighted by Gasteiger charge is -2.14. The normalized spacial score (nSPS) is 12.1. The van der Waals surface area contributed by atoms with E-state index in [1.54, 1.807) is 17.5 Å². The van der Waals surface area contributed by atoms with Crippen molar-refractivity contribution in [2.45, 2.75) is 32.7 Å². The van der Waals surface area contributed by atoms with Gasteiger partial charge in [0.2, 0.25) is 5.95 Å². The fraction of sp³-hybridized carbons (Fsp3) is 0.429. The van der Waals surface area contributed by atoms with Crippen LogP contribution in [0.3, 0.4) is 0 Å². The second-order valence-corrected chi connectivity index (χ2v) is 5.35. The number of anilines is 2. The summed E-state index contributed by atoms with van der Waals surface area (Å²) in [4.78, 5) is 8.65. The van der Waals surface area contributed by atoms with Gasteiger partial charge in [0, 0.05) is 18.8 Å². The third kappa shape index (κ3) is 4.52. The molecule has 0 saturated carbocycles. The van der Waals surface area contributed by atoms with Crippen LogP contribution in [0.25, 0.3) is 0 Å². The summed E-state index contributed by atoms with van der Waals surface area (Å²) >= 11 is 1.74. The van der Waals surface area contributed by atoms with Crippen molar-refractivity contribution in [1.29, 1.82) is 0 Å². The third-order valence-corrected chi connectivity index (χ3v) is 3.44. The number of thiophene rings is 1. The van der Waals surface area contributed by atoms with Crippen molar-refractivity contribution in [3.05, 3.63) is 34.7 Å². The lowest BCUT2D eigenvalue weighted by atomic mass is 10.1. The number of nitrogens with one attached hydrogen (secondary N) is 2. The van der Waals surface area contributed by atoms with Gasteiger partial charge < -0.3 is 10.6 Å². The van der Waals surface area contributed by atoms with Crippen LogP contribution < -0.4 is 10.6 Å². The molecule has 0 aliphatic rings. The van der Waals surface area contributed by atoms with Gasteiger partial charge in [0.25, 0.3) is 0 Å². The Morgan fingerprint density at radius 3 is 3.00 bits per heavy atom. The van der Waals surface area contributed by atoms with Gasteiger partial charge in [0.15, 0.2) is 0 Å². The van der Waals surface area contributed by atoms with Gasteiger partial charge in [0.05, 0.1) is 0 Å². The van der Waals surface area contributed by atoms with Gasteiger partial charge in [-0.3, -0.25) is 0 Å². The SMILES string of the molecule is CCCNc1nccc(NC(C)Cc2ccsc2)n1. The van der Waals surface area contributed by atoms with Gasteiger partial charge in [-0.05, 0) is 48.2 Å². The Morgan fingerprint density at radius 1 is 1.37 bits per heavy atom. The minimum absolute atomic E-state index is 0.350. The number of rotatable bonds is 7. The third-order valence-electron chi connectivity index (χ3n) is 2.70. The molecule has 0 aromatic carbocycles. The molecule has 2 aromatic heterocycles. The van der Waals surface area contributed by atoms with Crippen LogP contribution in [0.2, 0.25) is 0 Å². The fourth-order valence-corrected chi connectivity index (χ4v) is 2.51. The second kappa shape index (κ2) is 7.09. The number of nitrogens with zero attached hydrogens (tertiary/aromatic N) is 2. The van der Waals surface area contributed by atoms with Crippen molar-refractivity contribution in [2.75, 3.05) is 17.2 Å². The van der Waals surface area contributed by atoms with Crippen LogP contribution in [-0.4, -0.2) is 22.6 Å². The summed E-state index contributed by atoms with van der Waals surface area (Å²) in [6.07, 6.45) is 3.85. The summed E-state index contributed by atoms with van der Waals surface area (Å²) in [6.45, 7) is 5.19. The highest BCUT2D eigenvalue weighted by molar-refractivity contribution is 7.07. The van der Waals surface area contributed by atoms with E-state index in [9.17, 15) is 0 Å². The van der Waals surface area contributed by atoms with Crippen LogP contribution >= 0.6 is 11.3 Å². The maximum absolute atomic E-state index is 4.45. The van der Waals surface area contributed by atoms with Gasteiger partial charge in [-0.1, -0.05) is 6.92 Å². The zero-order chi connectivity index (χ0) is 13.5. The van der Waals surface area contributed by atoms with E-state index in [2.05, 4.69) is 51.3 Å². The van der Waals surface area contributed by atoms with Gasteiger partial charge in [-0.2, -0.15) is 16.3 Å². The van der Waals surface area contributed by atoms with E-state index < -0.39 is 0 Å². The average Bonchev–Trinajstić information content (AvgIpc) is 2.89. The maximum Gasteiger partial charge on any atom is 0.224 e. The molecule has 5 heteroatoms. The van der Waals surface area contributed by atoms with Crippen molar-refractivity contribution < 1.29 is 0 Å². The lowest BCUT2D eigenvalue weighted by Crippen LogP contribution is -2.19. The van der Waals surface area contributed by atoms with E-state index in [1.165, 1.54) is 5.56 Å². The van der Waals surface area contributed by atoms with Gasteiger partial charge >= 0.3 is 0 Å². The predicted octanol–water partition coefficient (Wildman–Crippen LogP) is 3.40. The van der Waals surface area contributed by atoms with E-state index in [0.717, 1.165) is 25.2 Å². The Bertz CT molecular complexity index is 484. The van der Waals surface area contributed by atoms with E-state index in [0.29, 0.717) is 12.0 Å².